The van der Waals surface area contributed by atoms with Crippen LogP contribution >= 0.6 is 0 Å². The fraction of sp³-hybridized carbons (Fsp3) is 0.500. The van der Waals surface area contributed by atoms with Crippen LogP contribution in [0.3, 0.4) is 0 Å². The monoisotopic (exact) mass is 620 g/mol. The molecular formula is C36H41FN8O. The second-order valence-electron chi connectivity index (χ2n) is 14.5. The van der Waals surface area contributed by atoms with E-state index in [0.717, 1.165) is 84.2 Å². The van der Waals surface area contributed by atoms with Crippen LogP contribution in [-0.2, 0) is 10.2 Å². The lowest BCUT2D eigenvalue weighted by Gasteiger charge is -2.46. The fourth-order valence-electron chi connectivity index (χ4n) is 8.90. The average molecular weight is 621 g/mol. The van der Waals surface area contributed by atoms with E-state index in [1.165, 1.54) is 32.1 Å². The van der Waals surface area contributed by atoms with Gasteiger partial charge in [0.2, 0.25) is 5.91 Å². The summed E-state index contributed by atoms with van der Waals surface area (Å²) in [6.45, 7) is 8.37. The van der Waals surface area contributed by atoms with Gasteiger partial charge in [-0.3, -0.25) is 14.7 Å². The summed E-state index contributed by atoms with van der Waals surface area (Å²) in [6, 6.07) is 11.0. The van der Waals surface area contributed by atoms with E-state index in [2.05, 4.69) is 62.0 Å². The lowest BCUT2D eigenvalue weighted by atomic mass is 9.74. The summed E-state index contributed by atoms with van der Waals surface area (Å²) in [7, 11) is 0. The molecule has 0 radical (unpaired) electrons. The zero-order valence-electron chi connectivity index (χ0n) is 26.5. The van der Waals surface area contributed by atoms with Gasteiger partial charge in [0.05, 0.1) is 34.8 Å². The number of carbonyl (C=O) groups excluding carboxylic acids is 1. The molecule has 2 saturated carbocycles. The third-order valence-corrected chi connectivity index (χ3v) is 11.8. The van der Waals surface area contributed by atoms with Crippen molar-refractivity contribution in [2.75, 3.05) is 36.4 Å². The first-order chi connectivity index (χ1) is 22.4. The minimum Gasteiger partial charge on any atom is -0.336 e. The maximum absolute atomic E-state index is 14.7. The van der Waals surface area contributed by atoms with E-state index in [0.29, 0.717) is 17.5 Å². The van der Waals surface area contributed by atoms with Crippen LogP contribution in [0, 0.1) is 17.7 Å². The largest absolute Gasteiger partial charge is 0.336 e. The number of amides is 1. The molecule has 1 spiro atoms. The smallest absolute Gasteiger partial charge is 0.238 e. The van der Waals surface area contributed by atoms with Crippen molar-refractivity contribution in [2.24, 2.45) is 11.8 Å². The maximum atomic E-state index is 14.7. The van der Waals surface area contributed by atoms with Gasteiger partial charge < -0.3 is 20.1 Å². The number of rotatable bonds is 6. The summed E-state index contributed by atoms with van der Waals surface area (Å²) >= 11 is 0. The zero-order valence-corrected chi connectivity index (χ0v) is 26.5. The Morgan fingerprint density at radius 1 is 1.04 bits per heavy atom. The molecular weight excluding hydrogens is 579 g/mol. The number of aromatic nitrogens is 4. The molecule has 238 valence electrons. The summed E-state index contributed by atoms with van der Waals surface area (Å²) in [5, 5.41) is 6.71. The lowest BCUT2D eigenvalue weighted by molar-refractivity contribution is -0.125. The SMILES string of the molecule is CC(C)n1cnc2cc(-c3ccc4c(c3)N(C3CC(N5C[C@H]6CC[C@H]6C5)C3)C(=O)C43CCNCC3)nc(Nc3ccncc3F)c21. The van der Waals surface area contributed by atoms with Gasteiger partial charge in [-0.05, 0) is 101 Å². The predicted molar refractivity (Wildman–Crippen MR) is 177 cm³/mol. The third-order valence-electron chi connectivity index (χ3n) is 11.8. The Labute approximate surface area is 268 Å². The van der Waals surface area contributed by atoms with E-state index in [9.17, 15) is 9.18 Å². The zero-order chi connectivity index (χ0) is 31.2. The molecule has 0 unspecified atom stereocenters. The molecule has 2 atom stereocenters. The Balaban J connectivity index is 1.10. The normalized spacial score (nSPS) is 26.8. The minimum absolute atomic E-state index is 0.142. The third kappa shape index (κ3) is 4.25. The lowest BCUT2D eigenvalue weighted by Crippen LogP contribution is -2.57. The van der Waals surface area contributed by atoms with Crippen molar-refractivity contribution in [2.45, 2.75) is 75.9 Å². The Hall–Kier alpha value is -3.89. The van der Waals surface area contributed by atoms with Crippen molar-refractivity contribution >= 4 is 34.1 Å². The van der Waals surface area contributed by atoms with Crippen molar-refractivity contribution in [1.29, 1.82) is 0 Å². The van der Waals surface area contributed by atoms with Gasteiger partial charge in [0.15, 0.2) is 11.6 Å². The number of likely N-dealkylation sites (tertiary alicyclic amines) is 1. The standard InChI is InChI=1S/C36H41FN8O/c1-21(2)44-20-40-31-16-30(42-34(33(31)44)41-29-7-10-39-17-28(29)37)22-5-6-27-32(13-22)45(35(46)36(27)8-11-38-12-9-36)26-14-25(15-26)43-18-23-3-4-24(23)19-43/h5-7,10,13,16-17,20-21,23-26,38H,3-4,8-9,11-12,14-15,18-19H2,1-2H3,(H,39,41,42)/t23-,24+,25?,26?. The average Bonchev–Trinajstić information content (AvgIpc) is 3.66. The van der Waals surface area contributed by atoms with E-state index in [-0.39, 0.29) is 18.0 Å². The molecule has 6 heterocycles. The van der Waals surface area contributed by atoms with Crippen LogP contribution in [0.5, 0.6) is 0 Å². The van der Waals surface area contributed by atoms with Crippen LogP contribution in [0.4, 0.5) is 21.6 Å². The van der Waals surface area contributed by atoms with E-state index in [4.69, 9.17) is 9.97 Å². The summed E-state index contributed by atoms with van der Waals surface area (Å²) in [4.78, 5) is 33.1. The Morgan fingerprint density at radius 2 is 1.83 bits per heavy atom. The number of halogens is 1. The summed E-state index contributed by atoms with van der Waals surface area (Å²) in [5.74, 6) is 2.17. The molecule has 0 bridgehead atoms. The summed E-state index contributed by atoms with van der Waals surface area (Å²) in [6.07, 6.45) is 11.1. The number of benzene rings is 1. The van der Waals surface area contributed by atoms with Crippen molar-refractivity contribution in [3.05, 3.63) is 60.4 Å². The number of fused-ring (bicyclic) bond motifs is 4. The van der Waals surface area contributed by atoms with Gasteiger partial charge in [0.25, 0.3) is 0 Å². The van der Waals surface area contributed by atoms with Gasteiger partial charge in [-0.1, -0.05) is 12.1 Å². The molecule has 10 heteroatoms. The molecule has 2 saturated heterocycles. The summed E-state index contributed by atoms with van der Waals surface area (Å²) in [5.41, 5.74) is 5.30. The second-order valence-corrected chi connectivity index (χ2v) is 14.5. The molecule has 3 aromatic heterocycles. The molecule has 46 heavy (non-hydrogen) atoms. The first-order valence-corrected chi connectivity index (χ1v) is 17.1. The van der Waals surface area contributed by atoms with Crippen LogP contribution in [0.25, 0.3) is 22.3 Å². The van der Waals surface area contributed by atoms with Crippen LogP contribution in [0.2, 0.25) is 0 Å². The minimum atomic E-state index is -0.462. The number of hydrogen-bond acceptors (Lipinski definition) is 7. The molecule has 1 aromatic carbocycles. The van der Waals surface area contributed by atoms with Crippen LogP contribution in [-0.4, -0.2) is 68.6 Å². The molecule has 4 fully saturated rings. The van der Waals surface area contributed by atoms with Crippen molar-refractivity contribution in [1.82, 2.24) is 29.7 Å². The second kappa shape index (κ2) is 10.6. The number of pyridine rings is 2. The maximum Gasteiger partial charge on any atom is 0.238 e. The van der Waals surface area contributed by atoms with E-state index in [1.54, 1.807) is 12.3 Å². The van der Waals surface area contributed by atoms with Crippen molar-refractivity contribution in [3.8, 4) is 11.3 Å². The first kappa shape index (κ1) is 28.3. The summed E-state index contributed by atoms with van der Waals surface area (Å²) < 4.78 is 16.8. The molecule has 2 aliphatic carbocycles. The van der Waals surface area contributed by atoms with Gasteiger partial charge in [-0.2, -0.15) is 0 Å². The molecule has 9 rings (SSSR count). The van der Waals surface area contributed by atoms with Gasteiger partial charge >= 0.3 is 0 Å². The highest BCUT2D eigenvalue weighted by Crippen LogP contribution is 2.52. The fourth-order valence-corrected chi connectivity index (χ4v) is 8.90. The van der Waals surface area contributed by atoms with Gasteiger partial charge in [-0.25, -0.2) is 14.4 Å². The number of anilines is 3. The molecule has 2 N–H and O–H groups in total. The van der Waals surface area contributed by atoms with Crippen LogP contribution < -0.4 is 15.5 Å². The van der Waals surface area contributed by atoms with Gasteiger partial charge in [0, 0.05) is 48.7 Å². The number of imidazole rings is 1. The molecule has 9 nitrogen and oxygen atoms in total. The van der Waals surface area contributed by atoms with Crippen LogP contribution in [0.1, 0.15) is 64.0 Å². The molecule has 3 aliphatic heterocycles. The number of nitrogens with one attached hydrogen (secondary N) is 2. The number of hydrogen-bond donors (Lipinski definition) is 2. The number of carbonyl (C=O) groups is 1. The Morgan fingerprint density at radius 3 is 2.54 bits per heavy atom. The van der Waals surface area contributed by atoms with Crippen molar-refractivity contribution in [3.63, 3.8) is 0 Å². The quantitative estimate of drug-likeness (QED) is 0.282. The highest BCUT2D eigenvalue weighted by Gasteiger charge is 2.55. The predicted octanol–water partition coefficient (Wildman–Crippen LogP) is 5.80. The topological polar surface area (TPSA) is 91.2 Å². The Kier molecular flexibility index (Phi) is 6.51. The van der Waals surface area contributed by atoms with Crippen molar-refractivity contribution < 1.29 is 9.18 Å². The van der Waals surface area contributed by atoms with Gasteiger partial charge in [0.1, 0.15) is 5.52 Å². The van der Waals surface area contributed by atoms with E-state index < -0.39 is 11.2 Å². The van der Waals surface area contributed by atoms with Crippen LogP contribution in [0.15, 0.2) is 49.1 Å². The van der Waals surface area contributed by atoms with E-state index in [1.807, 2.05) is 12.4 Å². The number of nitrogens with zero attached hydrogens (tertiary/aromatic N) is 6. The molecule has 5 aliphatic rings. The number of piperidine rings is 1. The molecule has 4 aromatic rings. The highest BCUT2D eigenvalue weighted by molar-refractivity contribution is 6.09. The molecule has 1 amide bonds. The van der Waals surface area contributed by atoms with E-state index >= 15 is 0 Å². The van der Waals surface area contributed by atoms with Gasteiger partial charge in [-0.15, -0.1) is 0 Å². The first-order valence-electron chi connectivity index (χ1n) is 17.1. The Bertz CT molecular complexity index is 1830. The highest BCUT2D eigenvalue weighted by atomic mass is 19.1.